The Morgan fingerprint density at radius 2 is 1.61 bits per heavy atom. The van der Waals surface area contributed by atoms with Gasteiger partial charge in [0.15, 0.2) is 0 Å². The molecule has 2 aromatic carbocycles. The average Bonchev–Trinajstić information content (AvgIpc) is 2.89. The third kappa shape index (κ3) is 6.33. The molecular formula is C25H33ClN4O3. The average molecular weight is 473 g/mol. The number of hydrogen-bond acceptors (Lipinski definition) is 4. The maximum Gasteiger partial charge on any atom is 0.251 e. The monoisotopic (exact) mass is 472 g/mol. The third-order valence-corrected chi connectivity index (χ3v) is 5.60. The van der Waals surface area contributed by atoms with Crippen molar-refractivity contribution in [3.8, 4) is 0 Å². The van der Waals surface area contributed by atoms with Gasteiger partial charge in [0.2, 0.25) is 11.8 Å². The molecule has 0 radical (unpaired) electrons. The van der Waals surface area contributed by atoms with Crippen LogP contribution in [-0.2, 0) is 20.9 Å². The highest BCUT2D eigenvalue weighted by atomic mass is 35.5. The smallest absolute Gasteiger partial charge is 0.251 e. The lowest BCUT2D eigenvalue weighted by Crippen LogP contribution is -2.55. The highest BCUT2D eigenvalue weighted by molar-refractivity contribution is 6.08. The largest absolute Gasteiger partial charge is 0.341 e. The molecule has 0 fully saturated rings. The van der Waals surface area contributed by atoms with Gasteiger partial charge < -0.3 is 20.4 Å². The van der Waals surface area contributed by atoms with Gasteiger partial charge in [-0.05, 0) is 37.6 Å². The fourth-order valence-corrected chi connectivity index (χ4v) is 3.75. The van der Waals surface area contributed by atoms with E-state index in [1.165, 1.54) is 0 Å². The van der Waals surface area contributed by atoms with E-state index in [0.717, 1.165) is 5.56 Å². The van der Waals surface area contributed by atoms with Crippen LogP contribution in [0.4, 0.5) is 11.4 Å². The quantitative estimate of drug-likeness (QED) is 0.648. The van der Waals surface area contributed by atoms with Crippen LogP contribution in [0.2, 0.25) is 0 Å². The van der Waals surface area contributed by atoms with Crippen molar-refractivity contribution in [2.24, 2.45) is 5.92 Å². The molecule has 0 saturated heterocycles. The summed E-state index contributed by atoms with van der Waals surface area (Å²) in [7, 11) is 1.69. The van der Waals surface area contributed by atoms with Crippen molar-refractivity contribution in [3.63, 3.8) is 0 Å². The van der Waals surface area contributed by atoms with Crippen molar-refractivity contribution < 1.29 is 14.4 Å². The second-order valence-electron chi connectivity index (χ2n) is 8.57. The van der Waals surface area contributed by atoms with Crippen LogP contribution in [-0.4, -0.2) is 43.4 Å². The normalized spacial score (nSPS) is 16.5. The molecule has 0 spiro atoms. The van der Waals surface area contributed by atoms with Gasteiger partial charge in [0, 0.05) is 6.42 Å². The number of fused-ring (bicyclic) bond motifs is 1. The number of benzene rings is 2. The minimum Gasteiger partial charge on any atom is -0.341 e. The second-order valence-corrected chi connectivity index (χ2v) is 8.57. The van der Waals surface area contributed by atoms with Gasteiger partial charge in [-0.15, -0.1) is 12.4 Å². The van der Waals surface area contributed by atoms with E-state index in [0.29, 0.717) is 24.3 Å². The zero-order chi connectivity index (χ0) is 23.3. The van der Waals surface area contributed by atoms with Crippen LogP contribution in [0.25, 0.3) is 0 Å². The fraction of sp³-hybridized carbons (Fsp3) is 0.400. The summed E-state index contributed by atoms with van der Waals surface area (Å²) in [4.78, 5) is 42.8. The van der Waals surface area contributed by atoms with E-state index in [1.807, 2.05) is 68.4 Å². The molecule has 0 aliphatic carbocycles. The summed E-state index contributed by atoms with van der Waals surface area (Å²) in [5.41, 5.74) is 2.31. The van der Waals surface area contributed by atoms with Crippen LogP contribution in [0.5, 0.6) is 0 Å². The number of rotatable bonds is 7. The maximum atomic E-state index is 13.7. The predicted molar refractivity (Wildman–Crippen MR) is 134 cm³/mol. The van der Waals surface area contributed by atoms with Crippen LogP contribution in [0.1, 0.15) is 32.8 Å². The Balaban J connectivity index is 0.00000385. The molecule has 0 aromatic heterocycles. The summed E-state index contributed by atoms with van der Waals surface area (Å²) >= 11 is 0. The fourth-order valence-electron chi connectivity index (χ4n) is 3.75. The number of carbonyl (C=O) groups is 3. The van der Waals surface area contributed by atoms with Crippen LogP contribution < -0.4 is 20.4 Å². The van der Waals surface area contributed by atoms with E-state index >= 15 is 0 Å². The predicted octanol–water partition coefficient (Wildman–Crippen LogP) is 3.13. The van der Waals surface area contributed by atoms with Crippen molar-refractivity contribution in [3.05, 3.63) is 60.2 Å². The lowest BCUT2D eigenvalue weighted by molar-refractivity contribution is -0.128. The number of nitrogens with one attached hydrogen (secondary N) is 2. The molecule has 33 heavy (non-hydrogen) atoms. The van der Waals surface area contributed by atoms with Crippen molar-refractivity contribution >= 4 is 41.5 Å². The Labute approximate surface area is 201 Å². The van der Waals surface area contributed by atoms with E-state index in [2.05, 4.69) is 10.6 Å². The molecular weight excluding hydrogens is 440 g/mol. The molecule has 178 valence electrons. The number of anilines is 2. The summed E-state index contributed by atoms with van der Waals surface area (Å²) in [5.74, 6) is -0.417. The molecule has 0 saturated carbocycles. The summed E-state index contributed by atoms with van der Waals surface area (Å²) < 4.78 is 0. The Hall–Kier alpha value is -2.90. The van der Waals surface area contributed by atoms with E-state index in [-0.39, 0.29) is 42.6 Å². The first-order chi connectivity index (χ1) is 15.3. The number of nitrogens with zero attached hydrogens (tertiary/aromatic N) is 2. The first-order valence-corrected chi connectivity index (χ1v) is 11.0. The lowest BCUT2D eigenvalue weighted by Gasteiger charge is -2.26. The number of halogens is 1. The molecule has 2 N–H and O–H groups in total. The van der Waals surface area contributed by atoms with E-state index in [1.54, 1.807) is 23.8 Å². The van der Waals surface area contributed by atoms with Gasteiger partial charge in [0.05, 0.1) is 30.5 Å². The summed E-state index contributed by atoms with van der Waals surface area (Å²) in [6.45, 7) is 6.14. The van der Waals surface area contributed by atoms with E-state index in [4.69, 9.17) is 0 Å². The van der Waals surface area contributed by atoms with Crippen molar-refractivity contribution in [1.82, 2.24) is 10.6 Å². The molecule has 2 atom stereocenters. The van der Waals surface area contributed by atoms with E-state index < -0.39 is 12.1 Å². The number of para-hydroxylation sites is 2. The Morgan fingerprint density at radius 3 is 2.21 bits per heavy atom. The molecule has 1 unspecified atom stereocenters. The number of hydrogen-bond donors (Lipinski definition) is 2. The van der Waals surface area contributed by atoms with E-state index in [9.17, 15) is 14.4 Å². The first-order valence-electron chi connectivity index (χ1n) is 11.0. The zero-order valence-electron chi connectivity index (χ0n) is 19.6. The topological polar surface area (TPSA) is 81.8 Å². The number of carbonyl (C=O) groups excluding carboxylic acids is 3. The standard InChI is InChI=1S/C25H32N4O3.ClH/c1-17(2)14-23(30)28-16-20(27-24(31)18(3)26-4)25(32)29(15-19-10-6-5-7-11-19)22-13-9-8-12-21(22)28;/h5-13,17-18,20,26H,14-16H2,1-4H3,(H,27,31);1H/t18?,20-;/m0./s1. The molecule has 0 bridgehead atoms. The molecule has 1 aliphatic heterocycles. The van der Waals surface area contributed by atoms with Gasteiger partial charge >= 0.3 is 0 Å². The molecule has 2 aromatic rings. The Bertz CT molecular complexity index is 967. The Kier molecular flexibility index (Phi) is 9.44. The summed E-state index contributed by atoms with van der Waals surface area (Å²) in [6, 6.07) is 15.8. The van der Waals surface area contributed by atoms with Gasteiger partial charge in [-0.3, -0.25) is 14.4 Å². The lowest BCUT2D eigenvalue weighted by atomic mass is 10.1. The van der Waals surface area contributed by atoms with Crippen molar-refractivity contribution in [2.45, 2.75) is 45.8 Å². The van der Waals surface area contributed by atoms with Gasteiger partial charge in [0.1, 0.15) is 6.04 Å². The highest BCUT2D eigenvalue weighted by Gasteiger charge is 2.37. The van der Waals surface area contributed by atoms with Gasteiger partial charge in [-0.1, -0.05) is 56.3 Å². The van der Waals surface area contributed by atoms with Crippen LogP contribution >= 0.6 is 12.4 Å². The SMILES string of the molecule is CNC(C)C(=O)N[C@H]1CN(C(=O)CC(C)C)c2ccccc2N(Cc2ccccc2)C1=O.Cl. The third-order valence-electron chi connectivity index (χ3n) is 5.60. The number of likely N-dealkylation sites (N-methyl/N-ethyl adjacent to an activating group) is 1. The zero-order valence-corrected chi connectivity index (χ0v) is 20.4. The maximum absolute atomic E-state index is 13.7. The molecule has 1 aliphatic rings. The van der Waals surface area contributed by atoms with Crippen molar-refractivity contribution in [1.29, 1.82) is 0 Å². The van der Waals surface area contributed by atoms with Gasteiger partial charge in [-0.25, -0.2) is 0 Å². The second kappa shape index (κ2) is 11.8. The summed E-state index contributed by atoms with van der Waals surface area (Å²) in [6.07, 6.45) is 0.356. The minimum absolute atomic E-state index is 0. The van der Waals surface area contributed by atoms with Crippen molar-refractivity contribution in [2.75, 3.05) is 23.4 Å². The van der Waals surface area contributed by atoms with Crippen LogP contribution in [0.15, 0.2) is 54.6 Å². The summed E-state index contributed by atoms with van der Waals surface area (Å²) in [5, 5.41) is 5.76. The number of amides is 3. The minimum atomic E-state index is -0.856. The highest BCUT2D eigenvalue weighted by Crippen LogP contribution is 2.34. The molecule has 3 amide bonds. The molecule has 3 rings (SSSR count). The van der Waals surface area contributed by atoms with Crippen LogP contribution in [0.3, 0.4) is 0 Å². The van der Waals surface area contributed by atoms with Gasteiger partial charge in [-0.2, -0.15) is 0 Å². The Morgan fingerprint density at radius 1 is 1.00 bits per heavy atom. The first kappa shape index (κ1) is 26.4. The molecule has 7 nitrogen and oxygen atoms in total. The molecule has 8 heteroatoms. The van der Waals surface area contributed by atoms with Crippen LogP contribution in [0, 0.1) is 5.92 Å². The van der Waals surface area contributed by atoms with Gasteiger partial charge in [0.25, 0.3) is 5.91 Å². The molecule has 1 heterocycles.